The minimum Gasteiger partial charge on any atom is -0.473 e. The Bertz CT molecular complexity index is 340. The third kappa shape index (κ3) is 1.78. The van der Waals surface area contributed by atoms with E-state index in [1.165, 1.54) is 0 Å². The Labute approximate surface area is 77.6 Å². The van der Waals surface area contributed by atoms with Gasteiger partial charge in [0, 0.05) is 5.56 Å². The second kappa shape index (κ2) is 3.44. The zero-order chi connectivity index (χ0) is 9.10. The maximum absolute atomic E-state index is 5.43. The quantitative estimate of drug-likeness (QED) is 0.595. The number of benzene rings is 1. The first-order valence-electron chi connectivity index (χ1n) is 4.25. The maximum atomic E-state index is 5.43. The number of aliphatic imine (C=N–C) groups is 1. The highest BCUT2D eigenvalue weighted by Gasteiger charge is 2.09. The van der Waals surface area contributed by atoms with E-state index in [1.807, 2.05) is 30.3 Å². The molecule has 0 spiro atoms. The molecule has 1 aliphatic heterocycles. The van der Waals surface area contributed by atoms with Gasteiger partial charge in [-0.25, -0.2) is 4.99 Å². The van der Waals surface area contributed by atoms with Gasteiger partial charge in [0.1, 0.15) is 6.61 Å². The summed E-state index contributed by atoms with van der Waals surface area (Å²) in [6.07, 6.45) is 0. The Morgan fingerprint density at radius 2 is 2.00 bits per heavy atom. The average Bonchev–Trinajstić information content (AvgIpc) is 2.20. The minimum absolute atomic E-state index is 0.591. The summed E-state index contributed by atoms with van der Waals surface area (Å²) >= 11 is 0. The summed E-state index contributed by atoms with van der Waals surface area (Å²) in [5.41, 5.74) is 2.06. The summed E-state index contributed by atoms with van der Waals surface area (Å²) in [4.78, 5) is 4.28. The summed E-state index contributed by atoms with van der Waals surface area (Å²) in [7, 11) is 0. The highest BCUT2D eigenvalue weighted by molar-refractivity contribution is 5.94. The molecule has 66 valence electrons. The van der Waals surface area contributed by atoms with Crippen molar-refractivity contribution in [2.45, 2.75) is 0 Å². The van der Waals surface area contributed by atoms with Gasteiger partial charge < -0.3 is 4.74 Å². The standard InChI is InChI=1S/C11H11NO/c1-9-7-12-11(13-8-9)10-5-3-2-4-6-10/h2-6H,1,7-8H2. The molecule has 1 heterocycles. The third-order valence-electron chi connectivity index (χ3n) is 1.88. The normalized spacial score (nSPS) is 16.3. The van der Waals surface area contributed by atoms with Gasteiger partial charge in [0.05, 0.1) is 6.54 Å². The van der Waals surface area contributed by atoms with Crippen LogP contribution in [0.5, 0.6) is 0 Å². The molecule has 2 heteroatoms. The molecule has 0 fully saturated rings. The Morgan fingerprint density at radius 3 is 2.62 bits per heavy atom. The second-order valence-corrected chi connectivity index (χ2v) is 3.03. The number of hydrogen-bond acceptors (Lipinski definition) is 2. The topological polar surface area (TPSA) is 21.6 Å². The average molecular weight is 173 g/mol. The lowest BCUT2D eigenvalue weighted by Gasteiger charge is -2.15. The first-order chi connectivity index (χ1) is 6.36. The van der Waals surface area contributed by atoms with Gasteiger partial charge in [-0.15, -0.1) is 0 Å². The fourth-order valence-corrected chi connectivity index (χ4v) is 1.20. The minimum atomic E-state index is 0.591. The van der Waals surface area contributed by atoms with Gasteiger partial charge >= 0.3 is 0 Å². The summed E-state index contributed by atoms with van der Waals surface area (Å²) in [5.74, 6) is 0.730. The largest absolute Gasteiger partial charge is 0.473 e. The van der Waals surface area contributed by atoms with Crippen molar-refractivity contribution in [2.75, 3.05) is 13.2 Å². The maximum Gasteiger partial charge on any atom is 0.216 e. The van der Waals surface area contributed by atoms with Crippen molar-refractivity contribution in [2.24, 2.45) is 4.99 Å². The lowest BCUT2D eigenvalue weighted by Crippen LogP contribution is -2.16. The van der Waals surface area contributed by atoms with Crippen LogP contribution in [0.1, 0.15) is 5.56 Å². The molecule has 1 aromatic carbocycles. The number of rotatable bonds is 1. The van der Waals surface area contributed by atoms with E-state index in [-0.39, 0.29) is 0 Å². The molecule has 0 amide bonds. The molecule has 0 radical (unpaired) electrons. The fraction of sp³-hybridized carbons (Fsp3) is 0.182. The van der Waals surface area contributed by atoms with Gasteiger partial charge in [0.15, 0.2) is 0 Å². The van der Waals surface area contributed by atoms with E-state index < -0.39 is 0 Å². The van der Waals surface area contributed by atoms with Crippen LogP contribution < -0.4 is 0 Å². The first-order valence-corrected chi connectivity index (χ1v) is 4.25. The molecule has 2 nitrogen and oxygen atoms in total. The molecule has 0 saturated heterocycles. The molecule has 0 aromatic heterocycles. The molecule has 1 aromatic rings. The highest BCUT2D eigenvalue weighted by Crippen LogP contribution is 2.09. The van der Waals surface area contributed by atoms with Crippen LogP contribution in [0, 0.1) is 0 Å². The molecule has 0 atom stereocenters. The van der Waals surface area contributed by atoms with Crippen LogP contribution in [0.3, 0.4) is 0 Å². The van der Waals surface area contributed by atoms with E-state index in [4.69, 9.17) is 4.74 Å². The van der Waals surface area contributed by atoms with Gasteiger partial charge in [0.25, 0.3) is 0 Å². The number of ether oxygens (including phenoxy) is 1. The van der Waals surface area contributed by atoms with Crippen molar-refractivity contribution in [1.82, 2.24) is 0 Å². The summed E-state index contributed by atoms with van der Waals surface area (Å²) in [6.45, 7) is 5.09. The molecule has 0 aliphatic carbocycles. The van der Waals surface area contributed by atoms with Crippen LogP contribution in [-0.4, -0.2) is 19.0 Å². The number of nitrogens with zero attached hydrogens (tertiary/aromatic N) is 1. The molecule has 13 heavy (non-hydrogen) atoms. The number of hydrogen-bond donors (Lipinski definition) is 0. The fourth-order valence-electron chi connectivity index (χ4n) is 1.20. The second-order valence-electron chi connectivity index (χ2n) is 3.03. The summed E-state index contributed by atoms with van der Waals surface area (Å²) in [6, 6.07) is 9.92. The van der Waals surface area contributed by atoms with Crippen molar-refractivity contribution < 1.29 is 4.74 Å². The lowest BCUT2D eigenvalue weighted by molar-refractivity contribution is 0.326. The highest BCUT2D eigenvalue weighted by atomic mass is 16.5. The van der Waals surface area contributed by atoms with E-state index in [9.17, 15) is 0 Å². The molecule has 2 rings (SSSR count). The van der Waals surface area contributed by atoms with Crippen molar-refractivity contribution in [3.05, 3.63) is 48.0 Å². The zero-order valence-electron chi connectivity index (χ0n) is 7.36. The third-order valence-corrected chi connectivity index (χ3v) is 1.88. The monoisotopic (exact) mass is 173 g/mol. The molecular formula is C11H11NO. The van der Waals surface area contributed by atoms with Crippen molar-refractivity contribution in [1.29, 1.82) is 0 Å². The van der Waals surface area contributed by atoms with E-state index in [0.29, 0.717) is 13.2 Å². The lowest BCUT2D eigenvalue weighted by atomic mass is 10.2. The summed E-state index contributed by atoms with van der Waals surface area (Å²) < 4.78 is 5.43. The molecule has 0 N–H and O–H groups in total. The van der Waals surface area contributed by atoms with E-state index >= 15 is 0 Å². The van der Waals surface area contributed by atoms with Crippen LogP contribution in [0.2, 0.25) is 0 Å². The van der Waals surface area contributed by atoms with E-state index in [2.05, 4.69) is 11.6 Å². The molecular weight excluding hydrogens is 162 g/mol. The van der Waals surface area contributed by atoms with Crippen molar-refractivity contribution in [3.8, 4) is 0 Å². The van der Waals surface area contributed by atoms with Crippen molar-refractivity contribution >= 4 is 5.90 Å². The van der Waals surface area contributed by atoms with Gasteiger partial charge in [-0.1, -0.05) is 24.8 Å². The van der Waals surface area contributed by atoms with Crippen LogP contribution in [-0.2, 0) is 4.74 Å². The van der Waals surface area contributed by atoms with Gasteiger partial charge in [-0.05, 0) is 17.7 Å². The van der Waals surface area contributed by atoms with Crippen LogP contribution >= 0.6 is 0 Å². The van der Waals surface area contributed by atoms with Crippen molar-refractivity contribution in [3.63, 3.8) is 0 Å². The molecule has 0 saturated carbocycles. The molecule has 1 aliphatic rings. The SMILES string of the molecule is C=C1CN=C(c2ccccc2)OC1. The predicted molar refractivity (Wildman–Crippen MR) is 52.9 cm³/mol. The van der Waals surface area contributed by atoms with Gasteiger partial charge in [-0.3, -0.25) is 0 Å². The van der Waals surface area contributed by atoms with Crippen LogP contribution in [0.15, 0.2) is 47.5 Å². The molecule has 0 unspecified atom stereocenters. The van der Waals surface area contributed by atoms with Gasteiger partial charge in [0.2, 0.25) is 5.90 Å². The predicted octanol–water partition coefficient (Wildman–Crippen LogP) is 2.02. The van der Waals surface area contributed by atoms with Crippen LogP contribution in [0.4, 0.5) is 0 Å². The van der Waals surface area contributed by atoms with E-state index in [0.717, 1.165) is 17.0 Å². The smallest absolute Gasteiger partial charge is 0.216 e. The first kappa shape index (κ1) is 8.05. The van der Waals surface area contributed by atoms with Gasteiger partial charge in [-0.2, -0.15) is 0 Å². The molecule has 0 bridgehead atoms. The Kier molecular flexibility index (Phi) is 2.13. The Balaban J connectivity index is 2.23. The zero-order valence-corrected chi connectivity index (χ0v) is 7.36. The van der Waals surface area contributed by atoms with E-state index in [1.54, 1.807) is 0 Å². The summed E-state index contributed by atoms with van der Waals surface area (Å²) in [5, 5.41) is 0. The Morgan fingerprint density at radius 1 is 1.23 bits per heavy atom. The van der Waals surface area contributed by atoms with Crippen LogP contribution in [0.25, 0.3) is 0 Å². The Hall–Kier alpha value is -1.57.